The van der Waals surface area contributed by atoms with E-state index in [4.69, 9.17) is 4.42 Å². The van der Waals surface area contributed by atoms with Crippen LogP contribution >= 0.6 is 0 Å². The maximum absolute atomic E-state index is 12.9. The molecule has 0 radical (unpaired) electrons. The van der Waals surface area contributed by atoms with E-state index in [1.807, 2.05) is 0 Å². The Morgan fingerprint density at radius 2 is 1.91 bits per heavy atom. The Kier molecular flexibility index (Phi) is 5.03. The summed E-state index contributed by atoms with van der Waals surface area (Å²) in [6.45, 7) is 0. The van der Waals surface area contributed by atoms with E-state index in [0.717, 1.165) is 11.3 Å². The molecule has 1 aromatic heterocycles. The van der Waals surface area contributed by atoms with Crippen LogP contribution in [0.15, 0.2) is 34.9 Å². The van der Waals surface area contributed by atoms with Crippen LogP contribution in [0.5, 0.6) is 0 Å². The Bertz CT molecular complexity index is 632. The van der Waals surface area contributed by atoms with E-state index < -0.39 is 10.8 Å². The summed E-state index contributed by atoms with van der Waals surface area (Å²) in [4.78, 5) is 4.36. The molecule has 118 valence electrons. The van der Waals surface area contributed by atoms with Crippen molar-refractivity contribution in [3.63, 3.8) is 0 Å². The van der Waals surface area contributed by atoms with Crippen molar-refractivity contribution in [3.8, 4) is 11.5 Å². The second-order valence-electron chi connectivity index (χ2n) is 5.91. The van der Waals surface area contributed by atoms with Crippen LogP contribution < -0.4 is 0 Å². The van der Waals surface area contributed by atoms with Gasteiger partial charge in [0.1, 0.15) is 12.1 Å². The predicted octanol–water partition coefficient (Wildman–Crippen LogP) is 4.31. The van der Waals surface area contributed by atoms with Crippen LogP contribution in [-0.4, -0.2) is 14.9 Å². The molecule has 0 bridgehead atoms. The van der Waals surface area contributed by atoms with Gasteiger partial charge < -0.3 is 4.42 Å². The maximum Gasteiger partial charge on any atom is 0.226 e. The first-order chi connectivity index (χ1) is 10.7. The Hall–Kier alpha value is -1.49. The van der Waals surface area contributed by atoms with Gasteiger partial charge in [-0.1, -0.05) is 19.3 Å². The van der Waals surface area contributed by atoms with Crippen LogP contribution in [0.3, 0.4) is 0 Å². The Morgan fingerprint density at radius 1 is 1.18 bits per heavy atom. The number of hydrogen-bond acceptors (Lipinski definition) is 3. The van der Waals surface area contributed by atoms with Gasteiger partial charge >= 0.3 is 0 Å². The van der Waals surface area contributed by atoms with Gasteiger partial charge in [-0.05, 0) is 43.0 Å². The summed E-state index contributed by atoms with van der Waals surface area (Å²) in [5.41, 5.74) is 1.43. The van der Waals surface area contributed by atoms with E-state index in [1.165, 1.54) is 44.2 Å². The van der Waals surface area contributed by atoms with Gasteiger partial charge in [0.15, 0.2) is 0 Å². The number of hydrogen-bond donors (Lipinski definition) is 0. The number of aromatic nitrogens is 1. The first kappa shape index (κ1) is 15.4. The van der Waals surface area contributed by atoms with Crippen LogP contribution in [0.2, 0.25) is 0 Å². The van der Waals surface area contributed by atoms with E-state index in [1.54, 1.807) is 18.4 Å². The fourth-order valence-electron chi connectivity index (χ4n) is 2.94. The van der Waals surface area contributed by atoms with E-state index in [-0.39, 0.29) is 5.82 Å². The van der Waals surface area contributed by atoms with E-state index in [2.05, 4.69) is 4.98 Å². The van der Waals surface area contributed by atoms with Crippen molar-refractivity contribution in [3.05, 3.63) is 42.0 Å². The lowest BCUT2D eigenvalue weighted by molar-refractivity contribution is 0.388. The summed E-state index contributed by atoms with van der Waals surface area (Å²) in [7, 11) is -0.898. The molecule has 1 fully saturated rings. The molecular formula is C17H20FNO2S. The van der Waals surface area contributed by atoms with Crippen molar-refractivity contribution < 1.29 is 13.0 Å². The normalized spacial score (nSPS) is 17.5. The highest BCUT2D eigenvalue weighted by Crippen LogP contribution is 2.25. The largest absolute Gasteiger partial charge is 0.444 e. The third-order valence-electron chi connectivity index (χ3n) is 4.10. The molecule has 1 heterocycles. The van der Waals surface area contributed by atoms with Crippen molar-refractivity contribution in [2.45, 2.75) is 37.9 Å². The van der Waals surface area contributed by atoms with Gasteiger partial charge in [-0.3, -0.25) is 4.21 Å². The molecular weight excluding hydrogens is 301 g/mol. The molecule has 1 aliphatic carbocycles. The number of rotatable bonds is 5. The molecule has 3 nitrogen and oxygen atoms in total. The number of oxazole rings is 1. The van der Waals surface area contributed by atoms with Gasteiger partial charge in [-0.2, -0.15) is 0 Å². The fraction of sp³-hybridized carbons (Fsp3) is 0.471. The van der Waals surface area contributed by atoms with Crippen molar-refractivity contribution in [1.29, 1.82) is 0 Å². The number of nitrogens with zero attached hydrogens (tertiary/aromatic N) is 1. The SMILES string of the molecule is O=[S@](Cc1coc(-c2ccc(F)cc2)n1)CC1CCCCC1. The molecule has 0 saturated heterocycles. The van der Waals surface area contributed by atoms with E-state index >= 15 is 0 Å². The highest BCUT2D eigenvalue weighted by Gasteiger charge is 2.17. The van der Waals surface area contributed by atoms with Crippen LogP contribution in [0.4, 0.5) is 4.39 Å². The minimum absolute atomic E-state index is 0.288. The molecule has 5 heteroatoms. The average molecular weight is 321 g/mol. The smallest absolute Gasteiger partial charge is 0.226 e. The van der Waals surface area contributed by atoms with Crippen molar-refractivity contribution >= 4 is 10.8 Å². The highest BCUT2D eigenvalue weighted by atomic mass is 32.2. The third-order valence-corrected chi connectivity index (χ3v) is 5.56. The average Bonchev–Trinajstić information content (AvgIpc) is 2.97. The Balaban J connectivity index is 1.59. The molecule has 1 aromatic carbocycles. The van der Waals surface area contributed by atoms with E-state index in [0.29, 0.717) is 23.3 Å². The van der Waals surface area contributed by atoms with Gasteiger partial charge in [-0.15, -0.1) is 0 Å². The van der Waals surface area contributed by atoms with Crippen molar-refractivity contribution in [2.75, 3.05) is 5.75 Å². The van der Waals surface area contributed by atoms with Gasteiger partial charge in [0.05, 0.1) is 11.4 Å². The molecule has 0 unspecified atom stereocenters. The summed E-state index contributed by atoms with van der Waals surface area (Å²) in [5, 5.41) is 0. The molecule has 0 N–H and O–H groups in total. The zero-order valence-electron chi connectivity index (χ0n) is 12.5. The topological polar surface area (TPSA) is 43.1 Å². The highest BCUT2D eigenvalue weighted by molar-refractivity contribution is 7.84. The van der Waals surface area contributed by atoms with Gasteiger partial charge in [0, 0.05) is 22.1 Å². The first-order valence-corrected chi connectivity index (χ1v) is 9.25. The molecule has 3 rings (SSSR count). The third kappa shape index (κ3) is 4.03. The van der Waals surface area contributed by atoms with Crippen molar-refractivity contribution in [1.82, 2.24) is 4.98 Å². The zero-order valence-corrected chi connectivity index (χ0v) is 13.3. The maximum atomic E-state index is 12.9. The molecule has 1 aliphatic rings. The van der Waals surface area contributed by atoms with Gasteiger partial charge in [0.25, 0.3) is 0 Å². The minimum Gasteiger partial charge on any atom is -0.444 e. The second kappa shape index (κ2) is 7.18. The van der Waals surface area contributed by atoms with Gasteiger partial charge in [-0.25, -0.2) is 9.37 Å². The fourth-order valence-corrected chi connectivity index (χ4v) is 4.38. The monoisotopic (exact) mass is 321 g/mol. The molecule has 0 aliphatic heterocycles. The molecule has 1 atom stereocenters. The van der Waals surface area contributed by atoms with Crippen LogP contribution in [0.1, 0.15) is 37.8 Å². The number of benzene rings is 1. The summed E-state index contributed by atoms with van der Waals surface area (Å²) >= 11 is 0. The molecule has 1 saturated carbocycles. The predicted molar refractivity (Wildman–Crippen MR) is 85.2 cm³/mol. The number of halogens is 1. The lowest BCUT2D eigenvalue weighted by atomic mass is 9.91. The summed E-state index contributed by atoms with van der Waals surface area (Å²) in [6.07, 6.45) is 7.79. The quantitative estimate of drug-likeness (QED) is 0.824. The summed E-state index contributed by atoms with van der Waals surface area (Å²) in [5.74, 6) is 1.95. The lowest BCUT2D eigenvalue weighted by Gasteiger charge is -2.20. The lowest BCUT2D eigenvalue weighted by Crippen LogP contribution is -2.15. The standard InChI is InChI=1S/C17H20FNO2S/c18-15-8-6-14(7-9-15)17-19-16(10-21-17)12-22(20)11-13-4-2-1-3-5-13/h6-10,13H,1-5,11-12H2/t22-/m0/s1. The van der Waals surface area contributed by atoms with Crippen LogP contribution in [-0.2, 0) is 16.6 Å². The molecule has 0 amide bonds. The second-order valence-corrected chi connectivity index (χ2v) is 7.41. The molecule has 0 spiro atoms. The Labute approximate surface area is 132 Å². The van der Waals surface area contributed by atoms with Crippen molar-refractivity contribution in [2.24, 2.45) is 5.92 Å². The van der Waals surface area contributed by atoms with Gasteiger partial charge in [0.2, 0.25) is 5.89 Å². The van der Waals surface area contributed by atoms with Crippen LogP contribution in [0.25, 0.3) is 11.5 Å². The van der Waals surface area contributed by atoms with Crippen LogP contribution in [0, 0.1) is 11.7 Å². The zero-order chi connectivity index (χ0) is 15.4. The first-order valence-electron chi connectivity index (χ1n) is 7.76. The molecule has 22 heavy (non-hydrogen) atoms. The minimum atomic E-state index is -0.898. The summed E-state index contributed by atoms with van der Waals surface area (Å²) < 4.78 is 30.6. The van der Waals surface area contributed by atoms with E-state index in [9.17, 15) is 8.60 Å². The Morgan fingerprint density at radius 3 is 2.64 bits per heavy atom. The molecule has 2 aromatic rings. The summed E-state index contributed by atoms with van der Waals surface area (Å²) in [6, 6.07) is 6.01.